The summed E-state index contributed by atoms with van der Waals surface area (Å²) in [6, 6.07) is 6.33. The summed E-state index contributed by atoms with van der Waals surface area (Å²) >= 11 is 0. The number of allylic oxidation sites excluding steroid dienone is 3. The summed E-state index contributed by atoms with van der Waals surface area (Å²) in [5, 5.41) is 0. The molecular formula is C17H23N. The predicted molar refractivity (Wildman–Crippen MR) is 81.8 cm³/mol. The van der Waals surface area contributed by atoms with Crippen LogP contribution in [0.2, 0.25) is 0 Å². The molecule has 0 radical (unpaired) electrons. The number of nitrogens with zero attached hydrogens (tertiary/aromatic N) is 1. The third-order valence-corrected chi connectivity index (χ3v) is 2.99. The van der Waals surface area contributed by atoms with E-state index in [9.17, 15) is 0 Å². The maximum atomic E-state index is 4.58. The van der Waals surface area contributed by atoms with Gasteiger partial charge in [0.15, 0.2) is 0 Å². The van der Waals surface area contributed by atoms with Crippen molar-refractivity contribution in [3.63, 3.8) is 0 Å². The average molecular weight is 241 g/mol. The molecule has 0 spiro atoms. The molecule has 0 saturated carbocycles. The second-order valence-corrected chi connectivity index (χ2v) is 4.67. The first kappa shape index (κ1) is 14.4. The van der Waals surface area contributed by atoms with Gasteiger partial charge in [-0.25, -0.2) is 0 Å². The van der Waals surface area contributed by atoms with Crippen molar-refractivity contribution in [1.29, 1.82) is 0 Å². The molecule has 0 aromatic heterocycles. The average Bonchev–Trinajstić information content (AvgIpc) is 2.34. The summed E-state index contributed by atoms with van der Waals surface area (Å²) in [4.78, 5) is 4.58. The van der Waals surface area contributed by atoms with Gasteiger partial charge in [-0.15, -0.1) is 0 Å². The zero-order chi connectivity index (χ0) is 13.5. The van der Waals surface area contributed by atoms with E-state index in [1.165, 1.54) is 16.7 Å². The Bertz CT molecular complexity index is 466. The standard InChI is InChI=1S/C17H23N/c1-6-8-16(7-2)15(5)12-18-17-10-9-13(3)11-14(17)4/h7-12,15H,2,6H2,1,3-5H3/b16-8+,18-12?. The van der Waals surface area contributed by atoms with Crippen LogP contribution in [0.5, 0.6) is 0 Å². The number of aryl methyl sites for hydroxylation is 2. The summed E-state index contributed by atoms with van der Waals surface area (Å²) in [5.74, 6) is 0.308. The molecule has 0 amide bonds. The van der Waals surface area contributed by atoms with Crippen LogP contribution in [0.15, 0.2) is 47.5 Å². The summed E-state index contributed by atoms with van der Waals surface area (Å²) in [6.07, 6.45) is 7.15. The lowest BCUT2D eigenvalue weighted by atomic mass is 10.0. The van der Waals surface area contributed by atoms with Crippen LogP contribution in [-0.2, 0) is 0 Å². The third-order valence-electron chi connectivity index (χ3n) is 2.99. The van der Waals surface area contributed by atoms with Crippen LogP contribution in [-0.4, -0.2) is 6.21 Å². The van der Waals surface area contributed by atoms with Gasteiger partial charge in [-0.1, -0.05) is 50.3 Å². The first-order chi connectivity index (χ1) is 8.58. The molecule has 1 nitrogen and oxygen atoms in total. The van der Waals surface area contributed by atoms with Gasteiger partial charge in [-0.2, -0.15) is 0 Å². The molecule has 96 valence electrons. The lowest BCUT2D eigenvalue weighted by molar-refractivity contribution is 0.953. The van der Waals surface area contributed by atoms with E-state index in [1.54, 1.807) is 0 Å². The Morgan fingerprint density at radius 3 is 2.67 bits per heavy atom. The molecule has 0 aliphatic carbocycles. The fraction of sp³-hybridized carbons (Fsp3) is 0.353. The van der Waals surface area contributed by atoms with Crippen LogP contribution >= 0.6 is 0 Å². The van der Waals surface area contributed by atoms with Gasteiger partial charge in [-0.05, 0) is 37.5 Å². The summed E-state index contributed by atoms with van der Waals surface area (Å²) in [6.45, 7) is 12.3. The minimum Gasteiger partial charge on any atom is -0.260 e. The lowest BCUT2D eigenvalue weighted by Crippen LogP contribution is -1.98. The van der Waals surface area contributed by atoms with E-state index in [2.05, 4.69) is 63.5 Å². The summed E-state index contributed by atoms with van der Waals surface area (Å²) in [5.41, 5.74) is 4.79. The molecular weight excluding hydrogens is 218 g/mol. The minimum absolute atomic E-state index is 0.308. The van der Waals surface area contributed by atoms with E-state index < -0.39 is 0 Å². The van der Waals surface area contributed by atoms with Gasteiger partial charge in [0.1, 0.15) is 0 Å². The molecule has 1 rings (SSSR count). The largest absolute Gasteiger partial charge is 0.260 e. The van der Waals surface area contributed by atoms with Gasteiger partial charge in [-0.3, -0.25) is 4.99 Å². The molecule has 0 aliphatic heterocycles. The lowest BCUT2D eigenvalue weighted by Gasteiger charge is -2.07. The van der Waals surface area contributed by atoms with E-state index in [-0.39, 0.29) is 0 Å². The fourth-order valence-electron chi connectivity index (χ4n) is 1.92. The fourth-order valence-corrected chi connectivity index (χ4v) is 1.92. The molecule has 0 N–H and O–H groups in total. The zero-order valence-corrected chi connectivity index (χ0v) is 11.9. The summed E-state index contributed by atoms with van der Waals surface area (Å²) in [7, 11) is 0. The molecule has 0 aliphatic rings. The summed E-state index contributed by atoms with van der Waals surface area (Å²) < 4.78 is 0. The smallest absolute Gasteiger partial charge is 0.0655 e. The number of benzene rings is 1. The highest BCUT2D eigenvalue weighted by Gasteiger charge is 2.02. The van der Waals surface area contributed by atoms with Gasteiger partial charge < -0.3 is 0 Å². The number of rotatable bonds is 5. The van der Waals surface area contributed by atoms with Crippen molar-refractivity contribution < 1.29 is 0 Å². The monoisotopic (exact) mass is 241 g/mol. The molecule has 0 heterocycles. The Morgan fingerprint density at radius 2 is 2.11 bits per heavy atom. The van der Waals surface area contributed by atoms with Gasteiger partial charge in [0, 0.05) is 12.1 Å². The maximum absolute atomic E-state index is 4.58. The van der Waals surface area contributed by atoms with E-state index in [4.69, 9.17) is 0 Å². The van der Waals surface area contributed by atoms with Crippen LogP contribution in [0.3, 0.4) is 0 Å². The molecule has 1 aromatic rings. The molecule has 0 bridgehead atoms. The molecule has 1 heteroatoms. The van der Waals surface area contributed by atoms with Crippen molar-refractivity contribution in [2.24, 2.45) is 10.9 Å². The van der Waals surface area contributed by atoms with Crippen molar-refractivity contribution in [2.75, 3.05) is 0 Å². The van der Waals surface area contributed by atoms with Crippen LogP contribution < -0.4 is 0 Å². The number of aliphatic imine (C=N–C) groups is 1. The van der Waals surface area contributed by atoms with Crippen molar-refractivity contribution in [3.05, 3.63) is 53.6 Å². The minimum atomic E-state index is 0.308. The van der Waals surface area contributed by atoms with Crippen LogP contribution in [0.25, 0.3) is 0 Å². The molecule has 18 heavy (non-hydrogen) atoms. The van der Waals surface area contributed by atoms with E-state index in [0.29, 0.717) is 5.92 Å². The molecule has 0 saturated heterocycles. The predicted octanol–water partition coefficient (Wildman–Crippen LogP) is 5.16. The van der Waals surface area contributed by atoms with E-state index >= 15 is 0 Å². The molecule has 0 fully saturated rings. The third kappa shape index (κ3) is 3.99. The second-order valence-electron chi connectivity index (χ2n) is 4.67. The Labute approximate surface area is 111 Å². The topological polar surface area (TPSA) is 12.4 Å². The number of hydrogen-bond donors (Lipinski definition) is 0. The zero-order valence-electron chi connectivity index (χ0n) is 11.9. The quantitative estimate of drug-likeness (QED) is 0.498. The first-order valence-electron chi connectivity index (χ1n) is 6.52. The molecule has 1 atom stereocenters. The Balaban J connectivity index is 2.86. The van der Waals surface area contributed by atoms with Gasteiger partial charge in [0.25, 0.3) is 0 Å². The van der Waals surface area contributed by atoms with Crippen LogP contribution in [0.4, 0.5) is 5.69 Å². The normalized spacial score (nSPS) is 13.9. The highest BCUT2D eigenvalue weighted by Crippen LogP contribution is 2.20. The Kier molecular flexibility index (Phi) is 5.57. The maximum Gasteiger partial charge on any atom is 0.0655 e. The molecule has 1 aromatic carbocycles. The first-order valence-corrected chi connectivity index (χ1v) is 6.52. The van der Waals surface area contributed by atoms with Gasteiger partial charge in [0.2, 0.25) is 0 Å². The van der Waals surface area contributed by atoms with Crippen LogP contribution in [0, 0.1) is 19.8 Å². The van der Waals surface area contributed by atoms with Crippen molar-refractivity contribution >= 4 is 11.9 Å². The highest BCUT2D eigenvalue weighted by molar-refractivity contribution is 5.70. The van der Waals surface area contributed by atoms with Crippen molar-refractivity contribution in [2.45, 2.75) is 34.1 Å². The van der Waals surface area contributed by atoms with Gasteiger partial charge >= 0.3 is 0 Å². The van der Waals surface area contributed by atoms with E-state index in [1.807, 2.05) is 12.3 Å². The van der Waals surface area contributed by atoms with Crippen molar-refractivity contribution in [3.8, 4) is 0 Å². The SMILES string of the molecule is C=C/C(=C\CC)C(C)C=Nc1ccc(C)cc1C. The Hall–Kier alpha value is -1.63. The van der Waals surface area contributed by atoms with Crippen LogP contribution in [0.1, 0.15) is 31.4 Å². The second kappa shape index (κ2) is 6.95. The van der Waals surface area contributed by atoms with Gasteiger partial charge in [0.05, 0.1) is 5.69 Å². The number of hydrogen-bond acceptors (Lipinski definition) is 1. The van der Waals surface area contributed by atoms with E-state index in [0.717, 1.165) is 12.1 Å². The molecule has 1 unspecified atom stereocenters. The highest BCUT2D eigenvalue weighted by atomic mass is 14.7. The van der Waals surface area contributed by atoms with Crippen molar-refractivity contribution in [1.82, 2.24) is 0 Å². The Morgan fingerprint density at radius 1 is 1.39 bits per heavy atom.